The largest absolute Gasteiger partial charge is 0.493 e. The maximum Gasteiger partial charge on any atom is 0.225 e. The summed E-state index contributed by atoms with van der Waals surface area (Å²) < 4.78 is 6.05. The van der Waals surface area contributed by atoms with Crippen LogP contribution in [0.5, 0.6) is 5.75 Å². The lowest BCUT2D eigenvalue weighted by atomic mass is 10.0. The molecule has 2 aromatic heterocycles. The first-order valence-electron chi connectivity index (χ1n) is 15.4. The van der Waals surface area contributed by atoms with Crippen LogP contribution in [0.1, 0.15) is 65.8 Å². The Morgan fingerprint density at radius 2 is 1.67 bits per heavy atom. The van der Waals surface area contributed by atoms with Crippen LogP contribution in [-0.2, 0) is 11.2 Å². The maximum absolute atomic E-state index is 11.1. The van der Waals surface area contributed by atoms with Gasteiger partial charge in [0.2, 0.25) is 11.9 Å². The van der Waals surface area contributed by atoms with Crippen LogP contribution in [0.4, 0.5) is 5.95 Å². The molecule has 0 radical (unpaired) electrons. The Morgan fingerprint density at radius 3 is 2.31 bits per heavy atom. The van der Waals surface area contributed by atoms with Gasteiger partial charge in [-0.3, -0.25) is 4.79 Å². The lowest BCUT2D eigenvalue weighted by Gasteiger charge is -2.34. The molecule has 1 aliphatic rings. The molecule has 8 heteroatoms. The first kappa shape index (κ1) is 32.6. The molecular formula is C34H48N6O2. The number of piperazine rings is 1. The summed E-state index contributed by atoms with van der Waals surface area (Å²) in [5, 5.41) is 0. The highest BCUT2D eigenvalue weighted by atomic mass is 16.5. The number of imidazole rings is 1. The fourth-order valence-corrected chi connectivity index (χ4v) is 4.74. The number of benzene rings is 2. The van der Waals surface area contributed by atoms with Crippen molar-refractivity contribution in [2.75, 3.05) is 37.7 Å². The highest BCUT2D eigenvalue weighted by Crippen LogP contribution is 2.29. The van der Waals surface area contributed by atoms with Crippen molar-refractivity contribution in [1.82, 2.24) is 24.8 Å². The van der Waals surface area contributed by atoms with Crippen LogP contribution >= 0.6 is 0 Å². The number of nitrogens with one attached hydrogen (secondary N) is 1. The molecule has 1 atom stereocenters. The summed E-state index contributed by atoms with van der Waals surface area (Å²) in [6.07, 6.45) is 6.76. The molecule has 8 nitrogen and oxygen atoms in total. The number of hydrogen-bond acceptors (Lipinski definition) is 6. The minimum Gasteiger partial charge on any atom is -0.493 e. The monoisotopic (exact) mass is 572 g/mol. The molecule has 1 fully saturated rings. The molecule has 1 amide bonds. The van der Waals surface area contributed by atoms with Crippen LogP contribution < -0.4 is 9.64 Å². The Kier molecular flexibility index (Phi) is 12.8. The third-order valence-electron chi connectivity index (χ3n) is 7.50. The molecule has 3 heterocycles. The van der Waals surface area contributed by atoms with E-state index in [1.54, 1.807) is 25.4 Å². The minimum absolute atomic E-state index is 0.142. The zero-order valence-corrected chi connectivity index (χ0v) is 26.5. The van der Waals surface area contributed by atoms with Gasteiger partial charge in [0, 0.05) is 45.5 Å². The quantitative estimate of drug-likeness (QED) is 0.243. The van der Waals surface area contributed by atoms with Gasteiger partial charge in [-0.05, 0) is 72.7 Å². The molecule has 1 unspecified atom stereocenters. The first-order chi connectivity index (χ1) is 20.4. The first-order valence-corrected chi connectivity index (χ1v) is 15.4. The van der Waals surface area contributed by atoms with Crippen molar-refractivity contribution in [2.45, 2.75) is 67.7 Å². The summed E-state index contributed by atoms with van der Waals surface area (Å²) >= 11 is 0. The second kappa shape index (κ2) is 16.5. The second-order valence-electron chi connectivity index (χ2n) is 10.4. The molecule has 4 aromatic rings. The van der Waals surface area contributed by atoms with E-state index in [9.17, 15) is 4.79 Å². The predicted octanol–water partition coefficient (Wildman–Crippen LogP) is 7.09. The van der Waals surface area contributed by atoms with Crippen LogP contribution in [0.15, 0.2) is 54.9 Å². The van der Waals surface area contributed by atoms with Gasteiger partial charge in [-0.25, -0.2) is 15.0 Å². The van der Waals surface area contributed by atoms with Gasteiger partial charge < -0.3 is 19.5 Å². The molecule has 0 aliphatic carbocycles. The number of carbonyl (C=O) groups is 1. The molecule has 0 saturated carbocycles. The third kappa shape index (κ3) is 9.03. The van der Waals surface area contributed by atoms with Crippen molar-refractivity contribution >= 4 is 22.9 Å². The van der Waals surface area contributed by atoms with Crippen molar-refractivity contribution in [3.63, 3.8) is 0 Å². The number of hydrogen-bond donors (Lipinski definition) is 1. The van der Waals surface area contributed by atoms with E-state index in [2.05, 4.69) is 82.0 Å². The number of aryl methyl sites for hydroxylation is 2. The molecule has 1 saturated heterocycles. The number of nitrogens with zero attached hydrogens (tertiary/aromatic N) is 5. The molecule has 1 aliphatic heterocycles. The van der Waals surface area contributed by atoms with E-state index in [-0.39, 0.29) is 5.91 Å². The molecule has 1 N–H and O–H groups in total. The van der Waals surface area contributed by atoms with Gasteiger partial charge in [-0.2, -0.15) is 0 Å². The SMILES string of the molecule is CC.CC(=O)N1CCN(c2ncccn2)CC1.CCc1cc(-c2ccc3nc(C)[nH]c3c2)ccc1OCCC(C)CC. The summed E-state index contributed by atoms with van der Waals surface area (Å²) in [7, 11) is 0. The maximum atomic E-state index is 11.1. The Morgan fingerprint density at radius 1 is 1.00 bits per heavy atom. The van der Waals surface area contributed by atoms with Crippen molar-refractivity contribution in [3.05, 3.63) is 66.2 Å². The van der Waals surface area contributed by atoms with Crippen LogP contribution in [0, 0.1) is 12.8 Å². The number of aromatic amines is 1. The molecule has 42 heavy (non-hydrogen) atoms. The van der Waals surface area contributed by atoms with Crippen molar-refractivity contribution in [1.29, 1.82) is 0 Å². The van der Waals surface area contributed by atoms with Gasteiger partial charge >= 0.3 is 0 Å². The minimum atomic E-state index is 0.142. The third-order valence-corrected chi connectivity index (χ3v) is 7.50. The molecule has 2 aromatic carbocycles. The Labute approximate surface area is 251 Å². The van der Waals surface area contributed by atoms with Crippen LogP contribution in [0.25, 0.3) is 22.2 Å². The number of fused-ring (bicyclic) bond motifs is 1. The zero-order chi connectivity index (χ0) is 30.5. The lowest BCUT2D eigenvalue weighted by molar-refractivity contribution is -0.129. The van der Waals surface area contributed by atoms with Crippen molar-refractivity contribution in [2.24, 2.45) is 5.92 Å². The normalized spacial score (nSPS) is 13.5. The molecule has 0 bridgehead atoms. The van der Waals surface area contributed by atoms with Gasteiger partial charge in [0.05, 0.1) is 17.6 Å². The lowest BCUT2D eigenvalue weighted by Crippen LogP contribution is -2.48. The predicted molar refractivity (Wildman–Crippen MR) is 173 cm³/mol. The Hall–Kier alpha value is -3.94. The van der Waals surface area contributed by atoms with E-state index in [1.165, 1.54) is 23.1 Å². The summed E-state index contributed by atoms with van der Waals surface area (Å²) in [5.74, 6) is 3.58. The van der Waals surface area contributed by atoms with E-state index in [4.69, 9.17) is 4.74 Å². The molecule has 5 rings (SSSR count). The van der Waals surface area contributed by atoms with Gasteiger partial charge in [-0.1, -0.05) is 53.2 Å². The zero-order valence-electron chi connectivity index (χ0n) is 26.5. The van der Waals surface area contributed by atoms with Gasteiger partial charge in [0.15, 0.2) is 0 Å². The van der Waals surface area contributed by atoms with Crippen molar-refractivity contribution in [3.8, 4) is 16.9 Å². The highest BCUT2D eigenvalue weighted by Gasteiger charge is 2.19. The fraction of sp³-hybridized carbons (Fsp3) is 0.471. The van der Waals surface area contributed by atoms with Crippen LogP contribution in [-0.4, -0.2) is 63.5 Å². The summed E-state index contributed by atoms with van der Waals surface area (Å²) in [6.45, 7) is 18.2. The van der Waals surface area contributed by atoms with Gasteiger partial charge in [0.1, 0.15) is 11.6 Å². The van der Waals surface area contributed by atoms with E-state index in [1.807, 2.05) is 25.7 Å². The van der Waals surface area contributed by atoms with Crippen LogP contribution in [0.3, 0.4) is 0 Å². The second-order valence-corrected chi connectivity index (χ2v) is 10.4. The number of aromatic nitrogens is 4. The number of anilines is 1. The summed E-state index contributed by atoms with van der Waals surface area (Å²) in [6, 6.07) is 14.7. The number of ether oxygens (including phenoxy) is 1. The molecule has 0 spiro atoms. The summed E-state index contributed by atoms with van der Waals surface area (Å²) in [4.78, 5) is 31.2. The number of rotatable bonds is 8. The highest BCUT2D eigenvalue weighted by molar-refractivity contribution is 5.82. The van der Waals surface area contributed by atoms with Gasteiger partial charge in [-0.15, -0.1) is 0 Å². The standard InChI is InChI=1S/C22H28N2O.C10H14N4O.C2H6/c1-5-15(3)11-12-25-22-10-8-18(13-17(22)6-2)19-7-9-20-21(14-19)24-16(4)23-20;1-9(15)13-5-7-14(8-6-13)10-11-3-2-4-12-10;1-2/h7-10,13-15H,5-6,11-12H2,1-4H3,(H,23,24);2-4H,5-8H2,1H3;1-2H3. The Balaban J connectivity index is 0.000000243. The van der Waals surface area contributed by atoms with Crippen molar-refractivity contribution < 1.29 is 9.53 Å². The number of amides is 1. The number of carbonyl (C=O) groups excluding carboxylic acids is 1. The van der Waals surface area contributed by atoms with E-state index in [0.717, 1.165) is 74.2 Å². The fourth-order valence-electron chi connectivity index (χ4n) is 4.74. The smallest absolute Gasteiger partial charge is 0.225 e. The molecule has 226 valence electrons. The average Bonchev–Trinajstić information content (AvgIpc) is 3.42. The van der Waals surface area contributed by atoms with E-state index < -0.39 is 0 Å². The topological polar surface area (TPSA) is 87.2 Å². The van der Waals surface area contributed by atoms with Gasteiger partial charge in [0.25, 0.3) is 0 Å². The van der Waals surface area contributed by atoms with E-state index >= 15 is 0 Å². The Bertz CT molecular complexity index is 1380. The van der Waals surface area contributed by atoms with Crippen LogP contribution in [0.2, 0.25) is 0 Å². The van der Waals surface area contributed by atoms with E-state index in [0.29, 0.717) is 5.92 Å². The molecular weight excluding hydrogens is 524 g/mol. The number of H-pyrrole nitrogens is 1. The average molecular weight is 573 g/mol. The summed E-state index contributed by atoms with van der Waals surface area (Å²) in [5.41, 5.74) is 5.80.